The molecule has 1 aliphatic carbocycles. The van der Waals surface area contributed by atoms with Crippen molar-refractivity contribution in [3.05, 3.63) is 28.1 Å². The Morgan fingerprint density at radius 3 is 2.70 bits per heavy atom. The molecule has 1 N–H and O–H groups in total. The van der Waals surface area contributed by atoms with Gasteiger partial charge in [0.25, 0.3) is 5.69 Å². The van der Waals surface area contributed by atoms with Gasteiger partial charge < -0.3 is 5.32 Å². The molecule has 0 radical (unpaired) electrons. The molecule has 1 aromatic heterocycles. The standard InChI is InChI=1S/C16H22N4O3/c1-11-15(20(22)23)7-13(8-17-11)18-16(21)12-9-19(10-12)14-5-3-2-4-6-14/h7-8,12,14H,2-6,9-10H2,1H3,(H,18,21). The second-order valence-corrected chi connectivity index (χ2v) is 6.52. The van der Waals surface area contributed by atoms with E-state index < -0.39 is 4.92 Å². The number of nitrogens with one attached hydrogen (secondary N) is 1. The predicted octanol–water partition coefficient (Wildman–Crippen LogP) is 2.50. The van der Waals surface area contributed by atoms with Crippen molar-refractivity contribution in [1.29, 1.82) is 0 Å². The predicted molar refractivity (Wildman–Crippen MR) is 86.2 cm³/mol. The number of aryl methyl sites for hydroxylation is 1. The van der Waals surface area contributed by atoms with Crippen molar-refractivity contribution < 1.29 is 9.72 Å². The van der Waals surface area contributed by atoms with Gasteiger partial charge in [0.15, 0.2) is 0 Å². The maximum Gasteiger partial charge on any atom is 0.292 e. The van der Waals surface area contributed by atoms with Gasteiger partial charge >= 0.3 is 0 Å². The van der Waals surface area contributed by atoms with Gasteiger partial charge in [-0.3, -0.25) is 24.8 Å². The van der Waals surface area contributed by atoms with Crippen molar-refractivity contribution in [1.82, 2.24) is 9.88 Å². The van der Waals surface area contributed by atoms with E-state index in [2.05, 4.69) is 15.2 Å². The van der Waals surface area contributed by atoms with Crippen LogP contribution in [0.15, 0.2) is 12.3 Å². The van der Waals surface area contributed by atoms with E-state index in [1.165, 1.54) is 44.4 Å². The summed E-state index contributed by atoms with van der Waals surface area (Å²) in [6.45, 7) is 3.16. The van der Waals surface area contributed by atoms with Gasteiger partial charge in [0.05, 0.1) is 22.7 Å². The minimum atomic E-state index is -0.480. The van der Waals surface area contributed by atoms with Crippen LogP contribution < -0.4 is 5.32 Å². The zero-order valence-electron chi connectivity index (χ0n) is 13.3. The Hall–Kier alpha value is -2.02. The van der Waals surface area contributed by atoms with E-state index in [0.717, 1.165) is 13.1 Å². The third-order valence-electron chi connectivity index (χ3n) is 4.90. The van der Waals surface area contributed by atoms with Crippen LogP contribution in [-0.2, 0) is 4.79 Å². The van der Waals surface area contributed by atoms with E-state index in [0.29, 0.717) is 17.4 Å². The molecular weight excluding hydrogens is 296 g/mol. The highest BCUT2D eigenvalue weighted by Gasteiger charge is 2.37. The number of amides is 1. The molecule has 1 aliphatic heterocycles. The lowest BCUT2D eigenvalue weighted by Gasteiger charge is -2.44. The number of hydrogen-bond acceptors (Lipinski definition) is 5. The number of nitrogens with zero attached hydrogens (tertiary/aromatic N) is 3. The second kappa shape index (κ2) is 6.62. The molecule has 1 saturated carbocycles. The molecule has 0 atom stereocenters. The molecule has 1 amide bonds. The van der Waals surface area contributed by atoms with Crippen molar-refractivity contribution in [2.45, 2.75) is 45.1 Å². The molecule has 7 nitrogen and oxygen atoms in total. The average Bonchev–Trinajstić information content (AvgIpc) is 2.48. The summed E-state index contributed by atoms with van der Waals surface area (Å²) in [6, 6.07) is 2.01. The Morgan fingerprint density at radius 1 is 1.35 bits per heavy atom. The number of anilines is 1. The lowest BCUT2D eigenvalue weighted by Crippen LogP contribution is -2.56. The number of pyridine rings is 1. The van der Waals surface area contributed by atoms with Crippen LogP contribution in [0.3, 0.4) is 0 Å². The first kappa shape index (κ1) is 15.9. The smallest absolute Gasteiger partial charge is 0.292 e. The van der Waals surface area contributed by atoms with E-state index in [-0.39, 0.29) is 17.5 Å². The zero-order chi connectivity index (χ0) is 16.4. The largest absolute Gasteiger partial charge is 0.324 e. The number of nitro groups is 1. The van der Waals surface area contributed by atoms with E-state index in [1.807, 2.05) is 0 Å². The first-order valence-corrected chi connectivity index (χ1v) is 8.20. The van der Waals surface area contributed by atoms with Crippen molar-refractivity contribution in [2.75, 3.05) is 18.4 Å². The third kappa shape index (κ3) is 3.50. The van der Waals surface area contributed by atoms with Gasteiger partial charge in [-0.25, -0.2) is 0 Å². The summed E-state index contributed by atoms with van der Waals surface area (Å²) in [7, 11) is 0. The van der Waals surface area contributed by atoms with Crippen molar-refractivity contribution in [3.63, 3.8) is 0 Å². The highest BCUT2D eigenvalue weighted by Crippen LogP contribution is 2.29. The summed E-state index contributed by atoms with van der Waals surface area (Å²) in [5.74, 6) is -0.103. The molecule has 2 aliphatic rings. The molecule has 0 unspecified atom stereocenters. The molecule has 7 heteroatoms. The number of hydrogen-bond donors (Lipinski definition) is 1. The first-order valence-electron chi connectivity index (χ1n) is 8.20. The van der Waals surface area contributed by atoms with Crippen molar-refractivity contribution in [3.8, 4) is 0 Å². The summed E-state index contributed by atoms with van der Waals surface area (Å²) in [5.41, 5.74) is 0.670. The van der Waals surface area contributed by atoms with E-state index in [9.17, 15) is 14.9 Å². The van der Waals surface area contributed by atoms with Gasteiger partial charge in [-0.05, 0) is 19.8 Å². The second-order valence-electron chi connectivity index (χ2n) is 6.52. The average molecular weight is 318 g/mol. The Labute approximate surface area is 135 Å². The van der Waals surface area contributed by atoms with Gasteiger partial charge in [0, 0.05) is 25.2 Å². The van der Waals surface area contributed by atoms with Crippen molar-refractivity contribution >= 4 is 17.3 Å². The fourth-order valence-electron chi connectivity index (χ4n) is 3.44. The van der Waals surface area contributed by atoms with E-state index in [1.54, 1.807) is 6.92 Å². The fourth-order valence-corrected chi connectivity index (χ4v) is 3.44. The molecule has 3 rings (SSSR count). The van der Waals surface area contributed by atoms with Gasteiger partial charge in [-0.1, -0.05) is 19.3 Å². The highest BCUT2D eigenvalue weighted by atomic mass is 16.6. The number of aromatic nitrogens is 1. The molecule has 0 spiro atoms. The van der Waals surface area contributed by atoms with Crippen LogP contribution in [0.2, 0.25) is 0 Å². The van der Waals surface area contributed by atoms with Crippen LogP contribution in [0.1, 0.15) is 37.8 Å². The van der Waals surface area contributed by atoms with Gasteiger partial charge in [0.2, 0.25) is 5.91 Å². The minimum Gasteiger partial charge on any atom is -0.324 e. The molecule has 2 fully saturated rings. The summed E-state index contributed by atoms with van der Waals surface area (Å²) >= 11 is 0. The van der Waals surface area contributed by atoms with Crippen LogP contribution in [0.5, 0.6) is 0 Å². The van der Waals surface area contributed by atoms with E-state index >= 15 is 0 Å². The quantitative estimate of drug-likeness (QED) is 0.680. The van der Waals surface area contributed by atoms with Crippen molar-refractivity contribution in [2.24, 2.45) is 5.92 Å². The van der Waals surface area contributed by atoms with E-state index in [4.69, 9.17) is 0 Å². The lowest BCUT2D eigenvalue weighted by molar-refractivity contribution is -0.385. The Kier molecular flexibility index (Phi) is 4.56. The molecule has 124 valence electrons. The van der Waals surface area contributed by atoms with Crippen LogP contribution in [0.4, 0.5) is 11.4 Å². The first-order chi connectivity index (χ1) is 11.0. The molecular formula is C16H22N4O3. The maximum atomic E-state index is 12.3. The Morgan fingerprint density at radius 2 is 2.04 bits per heavy atom. The Balaban J connectivity index is 1.54. The monoisotopic (exact) mass is 318 g/mol. The molecule has 1 aromatic rings. The molecule has 0 aromatic carbocycles. The molecule has 0 bridgehead atoms. The van der Waals surface area contributed by atoms with Gasteiger partial charge in [-0.15, -0.1) is 0 Å². The topological polar surface area (TPSA) is 88.4 Å². The highest BCUT2D eigenvalue weighted by molar-refractivity contribution is 5.93. The normalized spacial score (nSPS) is 20.0. The number of carbonyl (C=O) groups is 1. The lowest BCUT2D eigenvalue weighted by atomic mass is 9.88. The number of likely N-dealkylation sites (tertiary alicyclic amines) is 1. The maximum absolute atomic E-state index is 12.3. The molecule has 1 saturated heterocycles. The Bertz CT molecular complexity index is 607. The number of rotatable bonds is 4. The van der Waals surface area contributed by atoms with Crippen LogP contribution in [0.25, 0.3) is 0 Å². The summed E-state index contributed by atoms with van der Waals surface area (Å²) in [5, 5.41) is 13.7. The van der Waals surface area contributed by atoms with Crippen LogP contribution in [0, 0.1) is 23.0 Å². The SMILES string of the molecule is Cc1ncc(NC(=O)C2CN(C3CCCCC3)C2)cc1[N+](=O)[O-]. The molecule has 23 heavy (non-hydrogen) atoms. The van der Waals surface area contributed by atoms with Crippen LogP contribution in [-0.4, -0.2) is 39.8 Å². The third-order valence-corrected chi connectivity index (χ3v) is 4.90. The molecule has 2 heterocycles. The van der Waals surface area contributed by atoms with Crippen LogP contribution >= 0.6 is 0 Å². The zero-order valence-corrected chi connectivity index (χ0v) is 13.3. The van der Waals surface area contributed by atoms with Gasteiger partial charge in [-0.2, -0.15) is 0 Å². The fraction of sp³-hybridized carbons (Fsp3) is 0.625. The minimum absolute atomic E-state index is 0.0303. The summed E-state index contributed by atoms with van der Waals surface area (Å²) < 4.78 is 0. The van der Waals surface area contributed by atoms with Gasteiger partial charge in [0.1, 0.15) is 5.69 Å². The summed E-state index contributed by atoms with van der Waals surface area (Å²) in [4.78, 5) is 29.1. The summed E-state index contributed by atoms with van der Waals surface area (Å²) in [6.07, 6.45) is 7.85. The number of carbonyl (C=O) groups excluding carboxylic acids is 1.